The van der Waals surface area contributed by atoms with Crippen LogP contribution in [0.1, 0.15) is 52.1 Å². The van der Waals surface area contributed by atoms with Gasteiger partial charge in [0.2, 0.25) is 0 Å². The second-order valence-corrected chi connectivity index (χ2v) is 7.33. The smallest absolute Gasteiger partial charge is 0.122 e. The molecule has 2 unspecified atom stereocenters. The summed E-state index contributed by atoms with van der Waals surface area (Å²) in [6.45, 7) is 0.815. The summed E-state index contributed by atoms with van der Waals surface area (Å²) in [7, 11) is 0. The quantitative estimate of drug-likeness (QED) is 0.922. The molecule has 2 atom stereocenters. The monoisotopic (exact) mass is 299 g/mol. The van der Waals surface area contributed by atoms with Crippen LogP contribution in [0.25, 0.3) is 0 Å². The summed E-state index contributed by atoms with van der Waals surface area (Å²) in [5.41, 5.74) is 9.40. The normalized spacial score (nSPS) is 21.5. The van der Waals surface area contributed by atoms with Gasteiger partial charge in [-0.2, -0.15) is 0 Å². The summed E-state index contributed by atoms with van der Waals surface area (Å²) in [6.07, 6.45) is 5.94. The molecule has 3 heteroatoms. The number of rotatable bonds is 3. The Labute approximate surface area is 129 Å². The number of nitrogens with two attached hydrogens (primary N) is 1. The Hall–Kier alpha value is -1.32. The van der Waals surface area contributed by atoms with Crippen molar-refractivity contribution in [1.82, 2.24) is 0 Å². The van der Waals surface area contributed by atoms with Crippen LogP contribution in [0.15, 0.2) is 30.3 Å². The molecule has 0 spiro atoms. The van der Waals surface area contributed by atoms with Gasteiger partial charge >= 0.3 is 0 Å². The first-order valence-corrected chi connectivity index (χ1v) is 8.71. The molecule has 1 aliphatic carbocycles. The molecule has 1 aromatic carbocycles. The van der Waals surface area contributed by atoms with Crippen LogP contribution in [0.4, 0.5) is 0 Å². The molecule has 2 nitrogen and oxygen atoms in total. The minimum atomic E-state index is 0.164. The van der Waals surface area contributed by atoms with Gasteiger partial charge < -0.3 is 10.5 Å². The predicted octanol–water partition coefficient (Wildman–Crippen LogP) is 4.19. The highest BCUT2D eigenvalue weighted by atomic mass is 32.1. The Morgan fingerprint density at radius 3 is 3.10 bits per heavy atom. The highest BCUT2D eigenvalue weighted by Crippen LogP contribution is 2.40. The Bertz CT molecular complexity index is 627. The van der Waals surface area contributed by atoms with E-state index in [-0.39, 0.29) is 6.04 Å². The van der Waals surface area contributed by atoms with E-state index in [0.717, 1.165) is 25.2 Å². The first-order valence-electron chi connectivity index (χ1n) is 7.90. The first-order chi connectivity index (χ1) is 10.3. The Balaban J connectivity index is 1.53. The van der Waals surface area contributed by atoms with Crippen molar-refractivity contribution in [2.24, 2.45) is 5.73 Å². The molecule has 2 N–H and O–H groups in total. The number of hydrogen-bond acceptors (Lipinski definition) is 3. The fraction of sp³-hybridized carbons (Fsp3) is 0.444. The van der Waals surface area contributed by atoms with Gasteiger partial charge in [0.05, 0.1) is 6.61 Å². The SMILES string of the molecule is NC(CC1CCOc2ccccc21)c1cc2c(s1)CCC2. The fourth-order valence-electron chi connectivity index (χ4n) is 3.62. The standard InChI is InChI=1S/C18H21NOS/c19-15(18-11-13-4-3-7-17(13)21-18)10-12-8-9-20-16-6-2-1-5-14(12)16/h1-2,5-6,11-12,15H,3-4,7-10,19H2. The van der Waals surface area contributed by atoms with Crippen molar-refractivity contribution < 1.29 is 4.74 Å². The summed E-state index contributed by atoms with van der Waals surface area (Å²) in [5.74, 6) is 1.58. The second-order valence-electron chi connectivity index (χ2n) is 6.16. The lowest BCUT2D eigenvalue weighted by Crippen LogP contribution is -2.19. The van der Waals surface area contributed by atoms with Gasteiger partial charge in [-0.1, -0.05) is 18.2 Å². The van der Waals surface area contributed by atoms with Crippen molar-refractivity contribution >= 4 is 11.3 Å². The number of ether oxygens (including phenoxy) is 1. The second kappa shape index (κ2) is 5.47. The topological polar surface area (TPSA) is 35.2 Å². The highest BCUT2D eigenvalue weighted by molar-refractivity contribution is 7.12. The third kappa shape index (κ3) is 2.49. The van der Waals surface area contributed by atoms with Gasteiger partial charge in [0, 0.05) is 15.8 Å². The van der Waals surface area contributed by atoms with Crippen molar-refractivity contribution in [3.05, 3.63) is 51.2 Å². The molecule has 0 fully saturated rings. The predicted molar refractivity (Wildman–Crippen MR) is 87.2 cm³/mol. The molecule has 4 rings (SSSR count). The summed E-state index contributed by atoms with van der Waals surface area (Å²) in [5, 5.41) is 0. The molecule has 0 saturated carbocycles. The summed E-state index contributed by atoms with van der Waals surface area (Å²) >= 11 is 1.94. The van der Waals surface area contributed by atoms with E-state index < -0.39 is 0 Å². The van der Waals surface area contributed by atoms with Crippen molar-refractivity contribution in [2.45, 2.75) is 44.1 Å². The van der Waals surface area contributed by atoms with Crippen molar-refractivity contribution in [3.8, 4) is 5.75 Å². The Morgan fingerprint density at radius 1 is 1.29 bits per heavy atom. The van der Waals surface area contributed by atoms with Crippen LogP contribution in [0.5, 0.6) is 5.75 Å². The molecule has 0 bridgehead atoms. The molecular formula is C18H21NOS. The van der Waals surface area contributed by atoms with Gasteiger partial charge in [-0.25, -0.2) is 0 Å². The third-order valence-electron chi connectivity index (χ3n) is 4.75. The van der Waals surface area contributed by atoms with Crippen molar-refractivity contribution in [2.75, 3.05) is 6.61 Å². The zero-order valence-electron chi connectivity index (χ0n) is 12.2. The minimum absolute atomic E-state index is 0.164. The maximum atomic E-state index is 6.51. The van der Waals surface area contributed by atoms with Crippen LogP contribution in [-0.4, -0.2) is 6.61 Å². The lowest BCUT2D eigenvalue weighted by atomic mass is 9.87. The average Bonchev–Trinajstić information content (AvgIpc) is 3.09. The number of hydrogen-bond donors (Lipinski definition) is 1. The van der Waals surface area contributed by atoms with Crippen molar-refractivity contribution in [1.29, 1.82) is 0 Å². The van der Waals surface area contributed by atoms with E-state index >= 15 is 0 Å². The van der Waals surface area contributed by atoms with E-state index in [9.17, 15) is 0 Å². The molecule has 2 aromatic rings. The van der Waals surface area contributed by atoms with Crippen LogP contribution >= 0.6 is 11.3 Å². The van der Waals surface area contributed by atoms with E-state index in [0.29, 0.717) is 5.92 Å². The molecule has 1 aromatic heterocycles. The molecule has 2 aliphatic rings. The van der Waals surface area contributed by atoms with E-state index in [1.54, 1.807) is 10.4 Å². The Kier molecular flexibility index (Phi) is 3.48. The van der Waals surface area contributed by atoms with Crippen LogP contribution in [0.2, 0.25) is 0 Å². The van der Waals surface area contributed by atoms with Crippen LogP contribution in [0, 0.1) is 0 Å². The lowest BCUT2D eigenvalue weighted by molar-refractivity contribution is 0.259. The van der Waals surface area contributed by atoms with Gasteiger partial charge in [-0.05, 0) is 61.3 Å². The zero-order valence-corrected chi connectivity index (χ0v) is 13.0. The molecule has 2 heterocycles. The molecule has 1 aliphatic heterocycles. The fourth-order valence-corrected chi connectivity index (χ4v) is 4.89. The number of benzene rings is 1. The van der Waals surface area contributed by atoms with Crippen LogP contribution in [-0.2, 0) is 12.8 Å². The van der Waals surface area contributed by atoms with E-state index in [1.807, 2.05) is 17.4 Å². The first kappa shape index (κ1) is 13.4. The average molecular weight is 299 g/mol. The molecule has 0 amide bonds. The summed E-state index contributed by atoms with van der Waals surface area (Å²) in [4.78, 5) is 2.96. The van der Waals surface area contributed by atoms with Gasteiger partial charge in [-0.3, -0.25) is 0 Å². The van der Waals surface area contributed by atoms with E-state index in [2.05, 4.69) is 24.3 Å². The largest absolute Gasteiger partial charge is 0.493 e. The number of thiophene rings is 1. The van der Waals surface area contributed by atoms with Crippen molar-refractivity contribution in [3.63, 3.8) is 0 Å². The molecule has 110 valence electrons. The van der Waals surface area contributed by atoms with Gasteiger partial charge in [-0.15, -0.1) is 11.3 Å². The molecular weight excluding hydrogens is 278 g/mol. The third-order valence-corrected chi connectivity index (χ3v) is 6.12. The molecule has 21 heavy (non-hydrogen) atoms. The maximum Gasteiger partial charge on any atom is 0.122 e. The molecule has 0 radical (unpaired) electrons. The summed E-state index contributed by atoms with van der Waals surface area (Å²) in [6, 6.07) is 10.9. The van der Waals surface area contributed by atoms with E-state index in [1.165, 1.54) is 29.7 Å². The van der Waals surface area contributed by atoms with Gasteiger partial charge in [0.1, 0.15) is 5.75 Å². The maximum absolute atomic E-state index is 6.51. The Morgan fingerprint density at radius 2 is 2.19 bits per heavy atom. The zero-order chi connectivity index (χ0) is 14.2. The summed E-state index contributed by atoms with van der Waals surface area (Å²) < 4.78 is 5.75. The highest BCUT2D eigenvalue weighted by Gasteiger charge is 2.25. The van der Waals surface area contributed by atoms with Gasteiger partial charge in [0.15, 0.2) is 0 Å². The van der Waals surface area contributed by atoms with Gasteiger partial charge in [0.25, 0.3) is 0 Å². The number of para-hydroxylation sites is 1. The molecule has 0 saturated heterocycles. The lowest BCUT2D eigenvalue weighted by Gasteiger charge is -2.27. The number of aryl methyl sites for hydroxylation is 2. The number of fused-ring (bicyclic) bond motifs is 2. The minimum Gasteiger partial charge on any atom is -0.493 e. The van der Waals surface area contributed by atoms with Crippen LogP contribution in [0.3, 0.4) is 0 Å². The van der Waals surface area contributed by atoms with Crippen LogP contribution < -0.4 is 10.5 Å². The van der Waals surface area contributed by atoms with E-state index in [4.69, 9.17) is 10.5 Å².